The Balaban J connectivity index is 1.81. The van der Waals surface area contributed by atoms with E-state index in [1.807, 2.05) is 51.1 Å². The maximum atomic E-state index is 12.5. The van der Waals surface area contributed by atoms with Crippen LogP contribution in [0.1, 0.15) is 32.8 Å². The van der Waals surface area contributed by atoms with Crippen molar-refractivity contribution in [2.75, 3.05) is 32.3 Å². The van der Waals surface area contributed by atoms with Crippen LogP contribution in [-0.4, -0.2) is 72.8 Å². The molecule has 2 rings (SSSR count). The molecular formula is C22H35N4O4P. The lowest BCUT2D eigenvalue weighted by Gasteiger charge is -2.28. The van der Waals surface area contributed by atoms with E-state index in [9.17, 15) is 14.4 Å². The standard InChI is InChI=1S/C22H35N4O4P/c1-22(2,3)30-21(29)25-18(15-31)17-10-12-26(20(28)13-24-17)14-19(27)23-11-9-16-7-5-4-6-8-16/h4-8,17-18,24H,9-15,31H2,1-3H3,(H,23,27)(H,25,29)/t17-,18-/m0/s1. The summed E-state index contributed by atoms with van der Waals surface area (Å²) in [7, 11) is 2.62. The maximum absolute atomic E-state index is 12.5. The third-order valence-electron chi connectivity index (χ3n) is 4.93. The Kier molecular flexibility index (Phi) is 9.72. The topological polar surface area (TPSA) is 99.8 Å². The second-order valence-electron chi connectivity index (χ2n) is 8.67. The normalized spacial score (nSPS) is 18.1. The van der Waals surface area contributed by atoms with Crippen LogP contribution in [0.25, 0.3) is 0 Å². The molecule has 0 saturated carbocycles. The van der Waals surface area contributed by atoms with E-state index >= 15 is 0 Å². The summed E-state index contributed by atoms with van der Waals surface area (Å²) in [4.78, 5) is 38.5. The van der Waals surface area contributed by atoms with Gasteiger partial charge in [0, 0.05) is 19.1 Å². The monoisotopic (exact) mass is 450 g/mol. The molecule has 0 bridgehead atoms. The van der Waals surface area contributed by atoms with Crippen LogP contribution >= 0.6 is 9.24 Å². The van der Waals surface area contributed by atoms with Crippen LogP contribution in [-0.2, 0) is 20.7 Å². The van der Waals surface area contributed by atoms with E-state index in [4.69, 9.17) is 4.74 Å². The fourth-order valence-electron chi connectivity index (χ4n) is 3.37. The van der Waals surface area contributed by atoms with Gasteiger partial charge in [0.05, 0.1) is 19.1 Å². The van der Waals surface area contributed by atoms with E-state index in [2.05, 4.69) is 25.2 Å². The summed E-state index contributed by atoms with van der Waals surface area (Å²) >= 11 is 0. The number of ether oxygens (including phenoxy) is 1. The molecule has 1 saturated heterocycles. The van der Waals surface area contributed by atoms with Gasteiger partial charge in [-0.05, 0) is 45.3 Å². The SMILES string of the molecule is CC(C)(C)OC(=O)N[C@@H](CP)[C@@H]1CCN(CC(=O)NCCc2ccccc2)C(=O)CN1. The van der Waals surface area contributed by atoms with Gasteiger partial charge in [0.15, 0.2) is 0 Å². The Morgan fingerprint density at radius 1 is 1.29 bits per heavy atom. The molecule has 0 spiro atoms. The van der Waals surface area contributed by atoms with Crippen molar-refractivity contribution in [3.05, 3.63) is 35.9 Å². The molecule has 3 N–H and O–H groups in total. The van der Waals surface area contributed by atoms with Crippen molar-refractivity contribution in [2.45, 2.75) is 51.3 Å². The van der Waals surface area contributed by atoms with Crippen LogP contribution in [0.2, 0.25) is 0 Å². The number of hydrogen-bond acceptors (Lipinski definition) is 5. The molecule has 3 amide bonds. The predicted molar refractivity (Wildman–Crippen MR) is 124 cm³/mol. The first-order valence-electron chi connectivity index (χ1n) is 10.7. The number of nitrogens with one attached hydrogen (secondary N) is 3. The van der Waals surface area contributed by atoms with Gasteiger partial charge >= 0.3 is 6.09 Å². The van der Waals surface area contributed by atoms with Crippen molar-refractivity contribution in [3.8, 4) is 0 Å². The molecule has 1 aliphatic heterocycles. The summed E-state index contributed by atoms with van der Waals surface area (Å²) in [6.45, 7) is 6.57. The van der Waals surface area contributed by atoms with E-state index in [-0.39, 0.29) is 37.0 Å². The molecular weight excluding hydrogens is 415 g/mol. The number of rotatable bonds is 8. The lowest BCUT2D eigenvalue weighted by Crippen LogP contribution is -2.52. The van der Waals surface area contributed by atoms with Gasteiger partial charge in [0.1, 0.15) is 5.60 Å². The fraction of sp³-hybridized carbons (Fsp3) is 0.591. The van der Waals surface area contributed by atoms with E-state index in [1.54, 1.807) is 4.90 Å². The van der Waals surface area contributed by atoms with Gasteiger partial charge in [0.2, 0.25) is 11.8 Å². The summed E-state index contributed by atoms with van der Waals surface area (Å²) in [5, 5.41) is 8.98. The molecule has 3 atom stereocenters. The summed E-state index contributed by atoms with van der Waals surface area (Å²) < 4.78 is 5.34. The second kappa shape index (κ2) is 12.0. The fourth-order valence-corrected chi connectivity index (χ4v) is 3.81. The molecule has 1 aromatic carbocycles. The Morgan fingerprint density at radius 3 is 2.65 bits per heavy atom. The van der Waals surface area contributed by atoms with Crippen LogP contribution in [0, 0.1) is 0 Å². The summed E-state index contributed by atoms with van der Waals surface area (Å²) in [5.41, 5.74) is 0.578. The smallest absolute Gasteiger partial charge is 0.407 e. The number of alkyl carbamates (subject to hydrolysis) is 1. The minimum absolute atomic E-state index is 0.0348. The summed E-state index contributed by atoms with van der Waals surface area (Å²) in [5.74, 6) is -0.294. The molecule has 0 radical (unpaired) electrons. The van der Waals surface area contributed by atoms with Gasteiger partial charge in [0.25, 0.3) is 0 Å². The van der Waals surface area contributed by atoms with Gasteiger partial charge in [-0.2, -0.15) is 0 Å². The molecule has 0 aliphatic carbocycles. The number of amides is 3. The molecule has 1 heterocycles. The number of nitrogens with zero attached hydrogens (tertiary/aromatic N) is 1. The molecule has 172 valence electrons. The molecule has 1 aromatic rings. The van der Waals surface area contributed by atoms with Crippen molar-refractivity contribution in [2.24, 2.45) is 0 Å². The van der Waals surface area contributed by atoms with Crippen LogP contribution in [0.15, 0.2) is 30.3 Å². The van der Waals surface area contributed by atoms with Crippen molar-refractivity contribution in [1.29, 1.82) is 0 Å². The molecule has 1 unspecified atom stereocenters. The highest BCUT2D eigenvalue weighted by molar-refractivity contribution is 7.16. The maximum Gasteiger partial charge on any atom is 0.407 e. The van der Waals surface area contributed by atoms with Gasteiger partial charge in [-0.3, -0.25) is 9.59 Å². The average molecular weight is 451 g/mol. The summed E-state index contributed by atoms with van der Waals surface area (Å²) in [6.07, 6.45) is 1.51. The van der Waals surface area contributed by atoms with Gasteiger partial charge in [-0.25, -0.2) is 4.79 Å². The van der Waals surface area contributed by atoms with Crippen molar-refractivity contribution in [3.63, 3.8) is 0 Å². The molecule has 1 aliphatic rings. The van der Waals surface area contributed by atoms with Gasteiger partial charge in [-0.1, -0.05) is 30.3 Å². The lowest BCUT2D eigenvalue weighted by molar-refractivity contribution is -0.134. The minimum atomic E-state index is -0.576. The average Bonchev–Trinajstić information content (AvgIpc) is 2.87. The molecule has 1 fully saturated rings. The van der Waals surface area contributed by atoms with Gasteiger partial charge < -0.3 is 25.6 Å². The third-order valence-corrected chi connectivity index (χ3v) is 5.44. The largest absolute Gasteiger partial charge is 0.444 e. The summed E-state index contributed by atoms with van der Waals surface area (Å²) in [6, 6.07) is 9.63. The van der Waals surface area contributed by atoms with Crippen LogP contribution in [0.4, 0.5) is 4.79 Å². The zero-order chi connectivity index (χ0) is 22.9. The molecule has 0 aromatic heterocycles. The first kappa shape index (κ1) is 25.1. The van der Waals surface area contributed by atoms with E-state index in [1.165, 1.54) is 0 Å². The number of benzene rings is 1. The second-order valence-corrected chi connectivity index (χ2v) is 9.14. The number of hydrogen-bond donors (Lipinski definition) is 3. The quantitative estimate of drug-likeness (QED) is 0.519. The van der Waals surface area contributed by atoms with Crippen LogP contribution in [0.3, 0.4) is 0 Å². The molecule has 9 heteroatoms. The Labute approximate surface area is 187 Å². The minimum Gasteiger partial charge on any atom is -0.444 e. The molecule has 31 heavy (non-hydrogen) atoms. The first-order valence-corrected chi connectivity index (χ1v) is 11.5. The van der Waals surface area contributed by atoms with Crippen LogP contribution < -0.4 is 16.0 Å². The molecule has 8 nitrogen and oxygen atoms in total. The predicted octanol–water partition coefficient (Wildman–Crippen LogP) is 1.30. The van der Waals surface area contributed by atoms with Gasteiger partial charge in [-0.15, -0.1) is 9.24 Å². The Bertz CT molecular complexity index is 739. The first-order chi connectivity index (χ1) is 14.7. The van der Waals surface area contributed by atoms with E-state index < -0.39 is 11.7 Å². The Hall–Kier alpha value is -2.18. The van der Waals surface area contributed by atoms with Crippen molar-refractivity contribution < 1.29 is 19.1 Å². The van der Waals surface area contributed by atoms with Crippen molar-refractivity contribution in [1.82, 2.24) is 20.9 Å². The lowest BCUT2D eigenvalue weighted by atomic mass is 10.1. The van der Waals surface area contributed by atoms with E-state index in [0.717, 1.165) is 12.0 Å². The zero-order valence-electron chi connectivity index (χ0n) is 18.6. The van der Waals surface area contributed by atoms with Crippen LogP contribution in [0.5, 0.6) is 0 Å². The zero-order valence-corrected chi connectivity index (χ0v) is 19.8. The number of carbonyl (C=O) groups is 3. The van der Waals surface area contributed by atoms with E-state index in [0.29, 0.717) is 25.7 Å². The number of carbonyl (C=O) groups excluding carboxylic acids is 3. The van der Waals surface area contributed by atoms with Crippen molar-refractivity contribution >= 4 is 27.1 Å². The highest BCUT2D eigenvalue weighted by atomic mass is 31.0. The Morgan fingerprint density at radius 2 is 2.00 bits per heavy atom. The highest BCUT2D eigenvalue weighted by Crippen LogP contribution is 2.11. The third kappa shape index (κ3) is 9.23. The highest BCUT2D eigenvalue weighted by Gasteiger charge is 2.29.